The van der Waals surface area contributed by atoms with Gasteiger partial charge in [-0.05, 0) is 31.9 Å². The average molecular weight is 297 g/mol. The van der Waals surface area contributed by atoms with E-state index in [9.17, 15) is 0 Å². The zero-order valence-electron chi connectivity index (χ0n) is 13.1. The molecule has 2 aromatic rings. The van der Waals surface area contributed by atoms with E-state index in [-0.39, 0.29) is 0 Å². The molecule has 4 heteroatoms. The lowest BCUT2D eigenvalue weighted by Gasteiger charge is -2.36. The number of ether oxygens (including phenoxy) is 1. The first-order valence-corrected chi connectivity index (χ1v) is 8.01. The van der Waals surface area contributed by atoms with Crippen LogP contribution in [0.4, 0.5) is 0 Å². The fraction of sp³-hybridized carbons (Fsp3) is 0.444. The van der Waals surface area contributed by atoms with Crippen molar-refractivity contribution in [3.05, 3.63) is 54.5 Å². The maximum atomic E-state index is 5.78. The Labute approximate surface area is 132 Å². The highest BCUT2D eigenvalue weighted by atomic mass is 16.5. The minimum atomic E-state index is 0.459. The maximum absolute atomic E-state index is 5.78. The lowest BCUT2D eigenvalue weighted by Crippen LogP contribution is -2.39. The maximum Gasteiger partial charge on any atom is 0.232 e. The van der Waals surface area contributed by atoms with Gasteiger partial charge in [0.25, 0.3) is 0 Å². The quantitative estimate of drug-likeness (QED) is 0.848. The Morgan fingerprint density at radius 2 is 2.14 bits per heavy atom. The number of hydrogen-bond donors (Lipinski definition) is 0. The largest absolute Gasteiger partial charge is 0.476 e. The van der Waals surface area contributed by atoms with Gasteiger partial charge in [0.15, 0.2) is 0 Å². The molecule has 3 rings (SSSR count). The number of likely N-dealkylation sites (tertiary alicyclic amines) is 1. The van der Waals surface area contributed by atoms with Crippen LogP contribution in [0.1, 0.15) is 31.4 Å². The molecule has 2 heterocycles. The van der Waals surface area contributed by atoms with Crippen LogP contribution in [0.3, 0.4) is 0 Å². The normalized spacial score (nSPS) is 20.5. The van der Waals surface area contributed by atoms with E-state index in [1.807, 2.05) is 0 Å². The van der Waals surface area contributed by atoms with Crippen LogP contribution < -0.4 is 4.74 Å². The van der Waals surface area contributed by atoms with E-state index < -0.39 is 0 Å². The van der Waals surface area contributed by atoms with Crippen LogP contribution in [0.5, 0.6) is 5.88 Å². The molecule has 0 saturated carbocycles. The van der Waals surface area contributed by atoms with Crippen molar-refractivity contribution in [1.82, 2.24) is 14.9 Å². The van der Waals surface area contributed by atoms with Crippen molar-refractivity contribution in [2.75, 3.05) is 19.7 Å². The van der Waals surface area contributed by atoms with E-state index in [2.05, 4.69) is 52.1 Å². The second-order valence-corrected chi connectivity index (χ2v) is 5.94. The van der Waals surface area contributed by atoms with E-state index in [0.29, 0.717) is 17.8 Å². The summed E-state index contributed by atoms with van der Waals surface area (Å²) in [6.45, 7) is 5.26. The first-order valence-electron chi connectivity index (χ1n) is 8.01. The third-order valence-corrected chi connectivity index (χ3v) is 4.39. The number of benzene rings is 1. The standard InChI is InChI=1S/C18H23N3O/c1-15(17-7-3-2-4-8-17)21-11-5-6-16(13-21)14-22-18-12-19-9-10-20-18/h2-4,7-10,12,15-16H,5-6,11,13-14H2,1H3. The molecular formula is C18H23N3O. The van der Waals surface area contributed by atoms with Crippen LogP contribution in [-0.4, -0.2) is 34.6 Å². The average Bonchev–Trinajstić information content (AvgIpc) is 2.61. The van der Waals surface area contributed by atoms with E-state index in [0.717, 1.165) is 19.7 Å². The van der Waals surface area contributed by atoms with E-state index >= 15 is 0 Å². The fourth-order valence-electron chi connectivity index (χ4n) is 3.09. The molecule has 4 nitrogen and oxygen atoms in total. The topological polar surface area (TPSA) is 38.2 Å². The van der Waals surface area contributed by atoms with Crippen molar-refractivity contribution in [1.29, 1.82) is 0 Å². The summed E-state index contributed by atoms with van der Waals surface area (Å²) in [6, 6.07) is 11.2. The highest BCUT2D eigenvalue weighted by Crippen LogP contribution is 2.26. The molecule has 1 aromatic carbocycles. The van der Waals surface area contributed by atoms with Gasteiger partial charge in [0.2, 0.25) is 5.88 Å². The van der Waals surface area contributed by atoms with Crippen molar-refractivity contribution in [2.45, 2.75) is 25.8 Å². The monoisotopic (exact) mass is 297 g/mol. The van der Waals surface area contributed by atoms with E-state index in [1.165, 1.54) is 18.4 Å². The Balaban J connectivity index is 1.55. The first kappa shape index (κ1) is 15.0. The Kier molecular flexibility index (Phi) is 5.01. The zero-order chi connectivity index (χ0) is 15.2. The van der Waals surface area contributed by atoms with Crippen molar-refractivity contribution >= 4 is 0 Å². The number of rotatable bonds is 5. The molecule has 0 bridgehead atoms. The predicted octanol–water partition coefficient (Wildman–Crippen LogP) is 3.33. The minimum absolute atomic E-state index is 0.459. The Hall–Kier alpha value is -1.94. The Morgan fingerprint density at radius 1 is 1.27 bits per heavy atom. The molecule has 0 N–H and O–H groups in total. The second-order valence-electron chi connectivity index (χ2n) is 5.94. The number of aromatic nitrogens is 2. The van der Waals surface area contributed by atoms with Gasteiger partial charge in [-0.2, -0.15) is 0 Å². The fourth-order valence-corrected chi connectivity index (χ4v) is 3.09. The molecule has 2 atom stereocenters. The summed E-state index contributed by atoms with van der Waals surface area (Å²) in [4.78, 5) is 10.8. The van der Waals surface area contributed by atoms with Gasteiger partial charge in [0.05, 0.1) is 12.8 Å². The molecular weight excluding hydrogens is 274 g/mol. The molecule has 1 aromatic heterocycles. The van der Waals surface area contributed by atoms with Crippen LogP contribution in [0.2, 0.25) is 0 Å². The summed E-state index contributed by atoms with van der Waals surface area (Å²) in [5.74, 6) is 1.18. The van der Waals surface area contributed by atoms with Gasteiger partial charge in [-0.1, -0.05) is 30.3 Å². The van der Waals surface area contributed by atoms with Crippen molar-refractivity contribution in [2.24, 2.45) is 5.92 Å². The SMILES string of the molecule is CC(c1ccccc1)N1CCCC(COc2cnccn2)C1. The summed E-state index contributed by atoms with van der Waals surface area (Å²) in [6.07, 6.45) is 7.45. The van der Waals surface area contributed by atoms with E-state index in [1.54, 1.807) is 18.6 Å². The van der Waals surface area contributed by atoms with Crippen LogP contribution in [-0.2, 0) is 0 Å². The first-order chi connectivity index (χ1) is 10.8. The van der Waals surface area contributed by atoms with Gasteiger partial charge in [-0.15, -0.1) is 0 Å². The molecule has 1 fully saturated rings. The van der Waals surface area contributed by atoms with Crippen molar-refractivity contribution in [3.63, 3.8) is 0 Å². The second kappa shape index (κ2) is 7.36. The van der Waals surface area contributed by atoms with Gasteiger partial charge < -0.3 is 4.74 Å². The lowest BCUT2D eigenvalue weighted by molar-refractivity contribution is 0.0991. The highest BCUT2D eigenvalue weighted by molar-refractivity contribution is 5.18. The predicted molar refractivity (Wildman–Crippen MR) is 86.7 cm³/mol. The minimum Gasteiger partial charge on any atom is -0.476 e. The number of piperidine rings is 1. The molecule has 22 heavy (non-hydrogen) atoms. The van der Waals surface area contributed by atoms with Crippen molar-refractivity contribution in [3.8, 4) is 5.88 Å². The molecule has 2 unspecified atom stereocenters. The Bertz CT molecular complexity index is 561. The summed E-state index contributed by atoms with van der Waals surface area (Å²) < 4.78 is 5.78. The lowest BCUT2D eigenvalue weighted by atomic mass is 9.96. The van der Waals surface area contributed by atoms with Gasteiger partial charge in [0.1, 0.15) is 0 Å². The molecule has 1 aliphatic heterocycles. The summed E-state index contributed by atoms with van der Waals surface area (Å²) in [5, 5.41) is 0. The third kappa shape index (κ3) is 3.83. The van der Waals surface area contributed by atoms with Crippen LogP contribution in [0.25, 0.3) is 0 Å². The Morgan fingerprint density at radius 3 is 2.91 bits per heavy atom. The van der Waals surface area contributed by atoms with Crippen LogP contribution in [0.15, 0.2) is 48.9 Å². The summed E-state index contributed by atoms with van der Waals surface area (Å²) in [5.41, 5.74) is 1.39. The molecule has 0 radical (unpaired) electrons. The molecule has 1 saturated heterocycles. The van der Waals surface area contributed by atoms with Gasteiger partial charge in [-0.3, -0.25) is 9.88 Å². The third-order valence-electron chi connectivity index (χ3n) is 4.39. The van der Waals surface area contributed by atoms with Gasteiger partial charge in [-0.25, -0.2) is 4.98 Å². The van der Waals surface area contributed by atoms with Gasteiger partial charge >= 0.3 is 0 Å². The van der Waals surface area contributed by atoms with Crippen molar-refractivity contribution < 1.29 is 4.74 Å². The molecule has 116 valence electrons. The molecule has 0 aliphatic carbocycles. The molecule has 0 amide bonds. The summed E-state index contributed by atoms with van der Waals surface area (Å²) >= 11 is 0. The van der Waals surface area contributed by atoms with E-state index in [4.69, 9.17) is 4.74 Å². The van der Waals surface area contributed by atoms with Crippen LogP contribution in [0, 0.1) is 5.92 Å². The summed E-state index contributed by atoms with van der Waals surface area (Å²) in [7, 11) is 0. The molecule has 1 aliphatic rings. The zero-order valence-corrected chi connectivity index (χ0v) is 13.1. The highest BCUT2D eigenvalue weighted by Gasteiger charge is 2.24. The molecule has 0 spiro atoms. The van der Waals surface area contributed by atoms with Crippen LogP contribution >= 0.6 is 0 Å². The number of hydrogen-bond acceptors (Lipinski definition) is 4. The smallest absolute Gasteiger partial charge is 0.232 e. The van der Waals surface area contributed by atoms with Gasteiger partial charge in [0, 0.05) is 30.9 Å². The number of nitrogens with zero attached hydrogens (tertiary/aromatic N) is 3.